The topological polar surface area (TPSA) is 101 Å². The minimum atomic E-state index is -1.06. The number of carbonyl (C=O) groups excluding carboxylic acids is 1. The van der Waals surface area contributed by atoms with E-state index in [0.29, 0.717) is 11.1 Å². The third kappa shape index (κ3) is 2.50. The number of nitrogens with zero attached hydrogens (tertiary/aromatic N) is 1. The van der Waals surface area contributed by atoms with Gasteiger partial charge in [-0.05, 0) is 11.6 Å². The number of fused-ring (bicyclic) bond motifs is 1. The molecule has 1 atom stereocenters. The van der Waals surface area contributed by atoms with Crippen LogP contribution < -0.4 is 11.2 Å². The molecule has 1 aliphatic heterocycles. The number of aromatic nitrogens is 2. The van der Waals surface area contributed by atoms with E-state index in [1.54, 1.807) is 48.5 Å². The molecule has 0 radical (unpaired) electrons. The summed E-state index contributed by atoms with van der Waals surface area (Å²) in [5.74, 6) is -1.10. The first kappa shape index (κ1) is 15.9. The zero-order chi connectivity index (χ0) is 18.3. The smallest absolute Gasteiger partial charge is 0.339 e. The summed E-state index contributed by atoms with van der Waals surface area (Å²) < 4.78 is 6.33. The molecule has 0 aliphatic carbocycles. The highest BCUT2D eigenvalue weighted by Gasteiger charge is 2.36. The van der Waals surface area contributed by atoms with Crippen molar-refractivity contribution in [3.8, 4) is 5.88 Å². The van der Waals surface area contributed by atoms with Crippen LogP contribution in [0.25, 0.3) is 0 Å². The molecule has 4 rings (SSSR count). The molecule has 7 nitrogen and oxygen atoms in total. The maximum Gasteiger partial charge on any atom is 0.339 e. The van der Waals surface area contributed by atoms with Crippen LogP contribution in [0.4, 0.5) is 0 Å². The molecule has 2 heterocycles. The van der Waals surface area contributed by atoms with Gasteiger partial charge in [0.1, 0.15) is 5.56 Å². The number of aromatic amines is 1. The number of H-pyrrole nitrogens is 1. The largest absolute Gasteiger partial charge is 0.494 e. The summed E-state index contributed by atoms with van der Waals surface area (Å²) in [6.07, 6.45) is -1.06. The molecular formula is C19H14N2O5. The molecule has 2 N–H and O–H groups in total. The SMILES string of the molecule is O=C1O[C@@H](c2c(O)n(Cc3ccccc3)c(=O)[nH]c2=O)c2ccccc21. The van der Waals surface area contributed by atoms with Gasteiger partial charge in [0.05, 0.1) is 12.1 Å². The van der Waals surface area contributed by atoms with E-state index in [2.05, 4.69) is 4.98 Å². The van der Waals surface area contributed by atoms with Crippen molar-refractivity contribution in [2.75, 3.05) is 0 Å². The number of carbonyl (C=O) groups is 1. The van der Waals surface area contributed by atoms with E-state index in [-0.39, 0.29) is 12.1 Å². The summed E-state index contributed by atoms with van der Waals surface area (Å²) in [7, 11) is 0. The van der Waals surface area contributed by atoms with Crippen LogP contribution in [0, 0.1) is 0 Å². The van der Waals surface area contributed by atoms with Gasteiger partial charge in [-0.3, -0.25) is 14.3 Å². The quantitative estimate of drug-likeness (QED) is 0.698. The molecule has 0 saturated heterocycles. The number of esters is 1. The van der Waals surface area contributed by atoms with Crippen LogP contribution >= 0.6 is 0 Å². The summed E-state index contributed by atoms with van der Waals surface area (Å²) >= 11 is 0. The molecule has 0 amide bonds. The monoisotopic (exact) mass is 350 g/mol. The van der Waals surface area contributed by atoms with Crippen molar-refractivity contribution >= 4 is 5.97 Å². The van der Waals surface area contributed by atoms with Gasteiger partial charge in [0.2, 0.25) is 5.88 Å². The van der Waals surface area contributed by atoms with E-state index >= 15 is 0 Å². The summed E-state index contributed by atoms with van der Waals surface area (Å²) in [6.45, 7) is 0.0671. The van der Waals surface area contributed by atoms with E-state index < -0.39 is 29.2 Å². The zero-order valence-corrected chi connectivity index (χ0v) is 13.5. The van der Waals surface area contributed by atoms with Crippen molar-refractivity contribution in [1.29, 1.82) is 0 Å². The van der Waals surface area contributed by atoms with Gasteiger partial charge >= 0.3 is 11.7 Å². The van der Waals surface area contributed by atoms with Gasteiger partial charge in [-0.25, -0.2) is 9.59 Å². The molecule has 0 fully saturated rings. The fourth-order valence-corrected chi connectivity index (χ4v) is 3.08. The number of hydrogen-bond acceptors (Lipinski definition) is 5. The lowest BCUT2D eigenvalue weighted by molar-refractivity contribution is 0.0448. The van der Waals surface area contributed by atoms with Gasteiger partial charge < -0.3 is 9.84 Å². The molecule has 0 unspecified atom stereocenters. The van der Waals surface area contributed by atoms with E-state index in [4.69, 9.17) is 4.74 Å². The summed E-state index contributed by atoms with van der Waals surface area (Å²) in [5.41, 5.74) is -0.116. The van der Waals surface area contributed by atoms with Gasteiger partial charge in [0.25, 0.3) is 5.56 Å². The molecule has 2 aromatic carbocycles. The number of nitrogens with one attached hydrogen (secondary N) is 1. The van der Waals surface area contributed by atoms with E-state index in [0.717, 1.165) is 10.1 Å². The average Bonchev–Trinajstić information content (AvgIpc) is 2.96. The maximum absolute atomic E-state index is 12.3. The van der Waals surface area contributed by atoms with Crippen LogP contribution in [0.1, 0.15) is 33.2 Å². The Balaban J connectivity index is 1.86. The fourth-order valence-electron chi connectivity index (χ4n) is 3.08. The van der Waals surface area contributed by atoms with Crippen molar-refractivity contribution in [2.45, 2.75) is 12.6 Å². The lowest BCUT2D eigenvalue weighted by Gasteiger charge is -2.15. The van der Waals surface area contributed by atoms with Gasteiger partial charge in [-0.15, -0.1) is 0 Å². The predicted molar refractivity (Wildman–Crippen MR) is 92.2 cm³/mol. The number of benzene rings is 2. The predicted octanol–water partition coefficient (Wildman–Crippen LogP) is 1.55. The van der Waals surface area contributed by atoms with E-state index in [1.807, 2.05) is 6.07 Å². The second kappa shape index (κ2) is 6.03. The molecule has 130 valence electrons. The fraction of sp³-hybridized carbons (Fsp3) is 0.105. The first-order valence-corrected chi connectivity index (χ1v) is 7.96. The third-order valence-corrected chi connectivity index (χ3v) is 4.34. The van der Waals surface area contributed by atoms with Crippen LogP contribution in [0.5, 0.6) is 5.88 Å². The maximum atomic E-state index is 12.3. The molecule has 0 bridgehead atoms. The minimum absolute atomic E-state index is 0.0671. The zero-order valence-electron chi connectivity index (χ0n) is 13.5. The van der Waals surface area contributed by atoms with E-state index in [1.165, 1.54) is 0 Å². The van der Waals surface area contributed by atoms with Gasteiger partial charge in [-0.1, -0.05) is 48.5 Å². The van der Waals surface area contributed by atoms with Crippen LogP contribution in [0.15, 0.2) is 64.2 Å². The van der Waals surface area contributed by atoms with Crippen LogP contribution in [-0.2, 0) is 11.3 Å². The Hall–Kier alpha value is -3.61. The minimum Gasteiger partial charge on any atom is -0.494 e. The van der Waals surface area contributed by atoms with Crippen molar-refractivity contribution in [3.05, 3.63) is 97.7 Å². The van der Waals surface area contributed by atoms with Crippen LogP contribution in [-0.4, -0.2) is 20.6 Å². The van der Waals surface area contributed by atoms with Crippen molar-refractivity contribution in [2.24, 2.45) is 0 Å². The molecule has 26 heavy (non-hydrogen) atoms. The Morgan fingerprint density at radius 2 is 1.69 bits per heavy atom. The molecule has 1 aliphatic rings. The first-order valence-electron chi connectivity index (χ1n) is 7.96. The van der Waals surface area contributed by atoms with Crippen molar-refractivity contribution < 1.29 is 14.6 Å². The summed E-state index contributed by atoms with van der Waals surface area (Å²) in [6, 6.07) is 15.7. The number of rotatable bonds is 3. The highest BCUT2D eigenvalue weighted by molar-refractivity contribution is 5.94. The highest BCUT2D eigenvalue weighted by atomic mass is 16.5. The van der Waals surface area contributed by atoms with Crippen LogP contribution in [0.2, 0.25) is 0 Å². The lowest BCUT2D eigenvalue weighted by atomic mass is 10.0. The van der Waals surface area contributed by atoms with Gasteiger partial charge in [0, 0.05) is 5.56 Å². The Morgan fingerprint density at radius 1 is 1.00 bits per heavy atom. The number of hydrogen-bond donors (Lipinski definition) is 2. The number of ether oxygens (including phenoxy) is 1. The van der Waals surface area contributed by atoms with Crippen LogP contribution in [0.3, 0.4) is 0 Å². The molecular weight excluding hydrogens is 336 g/mol. The molecule has 3 aromatic rings. The molecule has 0 saturated carbocycles. The molecule has 7 heteroatoms. The summed E-state index contributed by atoms with van der Waals surface area (Å²) in [5, 5.41) is 10.6. The van der Waals surface area contributed by atoms with Crippen molar-refractivity contribution in [1.82, 2.24) is 9.55 Å². The second-order valence-electron chi connectivity index (χ2n) is 5.94. The van der Waals surface area contributed by atoms with Gasteiger partial charge in [0.15, 0.2) is 6.10 Å². The average molecular weight is 350 g/mol. The highest BCUT2D eigenvalue weighted by Crippen LogP contribution is 2.37. The Morgan fingerprint density at radius 3 is 2.46 bits per heavy atom. The van der Waals surface area contributed by atoms with E-state index in [9.17, 15) is 19.5 Å². The Labute approximate surface area is 147 Å². The molecule has 1 aromatic heterocycles. The third-order valence-electron chi connectivity index (χ3n) is 4.34. The van der Waals surface area contributed by atoms with Crippen molar-refractivity contribution in [3.63, 3.8) is 0 Å². The number of cyclic esters (lactones) is 1. The lowest BCUT2D eigenvalue weighted by Crippen LogP contribution is -2.33. The first-order chi connectivity index (χ1) is 12.6. The normalized spacial score (nSPS) is 15.5. The summed E-state index contributed by atoms with van der Waals surface area (Å²) in [4.78, 5) is 38.8. The number of aromatic hydroxyl groups is 1. The second-order valence-corrected chi connectivity index (χ2v) is 5.94. The standard InChI is InChI=1S/C19H14N2O5/c22-16-14(15-12-8-4-5-9-13(12)18(24)26-15)17(23)21(19(25)20-16)10-11-6-2-1-3-7-11/h1-9,15,23H,10H2,(H,20,22,25)/t15-/m1/s1. The Kier molecular flexibility index (Phi) is 3.69. The molecule has 0 spiro atoms. The Bertz CT molecular complexity index is 1110. The van der Waals surface area contributed by atoms with Gasteiger partial charge in [-0.2, -0.15) is 0 Å².